The number of amides is 1. The van der Waals surface area contributed by atoms with Gasteiger partial charge in [-0.2, -0.15) is 0 Å². The molecule has 5 nitrogen and oxygen atoms in total. The van der Waals surface area contributed by atoms with Crippen molar-refractivity contribution >= 4 is 16.8 Å². The van der Waals surface area contributed by atoms with E-state index in [4.69, 9.17) is 9.47 Å². The van der Waals surface area contributed by atoms with E-state index >= 15 is 0 Å². The standard InChI is InChI=1S/C21H21FN2O3/c1-26-19-7-13-5-6-24(12-15(13)8-20(19)27-2)21(25)9-14-11-23-18-10-16(22)3-4-17(14)18/h3-4,7-8,10-11,23H,5-6,9,12H2,1-2H3. The first-order valence-electron chi connectivity index (χ1n) is 8.86. The lowest BCUT2D eigenvalue weighted by Gasteiger charge is -2.29. The van der Waals surface area contributed by atoms with Crippen LogP contribution in [0.1, 0.15) is 16.7 Å². The van der Waals surface area contributed by atoms with Gasteiger partial charge in [0, 0.05) is 30.2 Å². The smallest absolute Gasteiger partial charge is 0.227 e. The van der Waals surface area contributed by atoms with Crippen LogP contribution in [0.15, 0.2) is 36.5 Å². The molecule has 0 aliphatic carbocycles. The topological polar surface area (TPSA) is 54.6 Å². The van der Waals surface area contributed by atoms with Gasteiger partial charge in [0.1, 0.15) is 5.82 Å². The Hall–Kier alpha value is -3.02. The Bertz CT molecular complexity index is 1010. The zero-order chi connectivity index (χ0) is 19.0. The molecule has 0 bridgehead atoms. The van der Waals surface area contributed by atoms with Crippen LogP contribution in [0.5, 0.6) is 11.5 Å². The summed E-state index contributed by atoms with van der Waals surface area (Å²) in [5.41, 5.74) is 3.85. The molecule has 4 rings (SSSR count). The van der Waals surface area contributed by atoms with Crippen LogP contribution in [0.4, 0.5) is 4.39 Å². The molecule has 1 aliphatic rings. The van der Waals surface area contributed by atoms with Crippen molar-refractivity contribution in [2.45, 2.75) is 19.4 Å². The van der Waals surface area contributed by atoms with Crippen molar-refractivity contribution in [3.05, 3.63) is 59.0 Å². The van der Waals surface area contributed by atoms with E-state index in [1.165, 1.54) is 17.7 Å². The predicted octanol–water partition coefficient (Wildman–Crippen LogP) is 3.45. The minimum Gasteiger partial charge on any atom is -0.493 e. The third kappa shape index (κ3) is 3.23. The number of nitrogens with zero attached hydrogens (tertiary/aromatic N) is 1. The van der Waals surface area contributed by atoms with Gasteiger partial charge in [-0.3, -0.25) is 4.79 Å². The van der Waals surface area contributed by atoms with Gasteiger partial charge in [0.25, 0.3) is 0 Å². The molecule has 0 atom stereocenters. The molecule has 0 unspecified atom stereocenters. The summed E-state index contributed by atoms with van der Waals surface area (Å²) < 4.78 is 24.1. The zero-order valence-corrected chi connectivity index (χ0v) is 15.3. The molecule has 1 aromatic heterocycles. The number of benzene rings is 2. The molecule has 0 saturated carbocycles. The second-order valence-corrected chi connectivity index (χ2v) is 6.72. The van der Waals surface area contributed by atoms with Crippen LogP contribution in [-0.2, 0) is 24.2 Å². The fraction of sp³-hybridized carbons (Fsp3) is 0.286. The quantitative estimate of drug-likeness (QED) is 0.767. The van der Waals surface area contributed by atoms with Crippen LogP contribution in [0.3, 0.4) is 0 Å². The summed E-state index contributed by atoms with van der Waals surface area (Å²) >= 11 is 0. The zero-order valence-electron chi connectivity index (χ0n) is 15.3. The summed E-state index contributed by atoms with van der Waals surface area (Å²) in [5, 5.41) is 0.883. The number of hydrogen-bond acceptors (Lipinski definition) is 3. The average Bonchev–Trinajstić information content (AvgIpc) is 3.07. The number of halogens is 1. The fourth-order valence-corrected chi connectivity index (χ4v) is 3.68. The number of ether oxygens (including phenoxy) is 2. The summed E-state index contributed by atoms with van der Waals surface area (Å²) in [6.07, 6.45) is 2.85. The van der Waals surface area contributed by atoms with E-state index in [1.807, 2.05) is 17.0 Å². The van der Waals surface area contributed by atoms with E-state index in [0.29, 0.717) is 30.1 Å². The highest BCUT2D eigenvalue weighted by Crippen LogP contribution is 2.33. The lowest BCUT2D eigenvalue weighted by atomic mass is 9.98. The molecule has 0 saturated heterocycles. The Morgan fingerprint density at radius 3 is 2.63 bits per heavy atom. The highest BCUT2D eigenvalue weighted by molar-refractivity contribution is 5.89. The molecule has 27 heavy (non-hydrogen) atoms. The van der Waals surface area contributed by atoms with Gasteiger partial charge >= 0.3 is 0 Å². The van der Waals surface area contributed by atoms with E-state index in [2.05, 4.69) is 4.98 Å². The summed E-state index contributed by atoms with van der Waals surface area (Å²) in [7, 11) is 3.23. The van der Waals surface area contributed by atoms with E-state index in [9.17, 15) is 9.18 Å². The number of carbonyl (C=O) groups is 1. The highest BCUT2D eigenvalue weighted by atomic mass is 19.1. The summed E-state index contributed by atoms with van der Waals surface area (Å²) in [5.74, 6) is 1.14. The molecule has 0 fully saturated rings. The number of nitrogens with one attached hydrogen (secondary N) is 1. The predicted molar refractivity (Wildman–Crippen MR) is 101 cm³/mol. The van der Waals surface area contributed by atoms with Crippen molar-refractivity contribution in [3.8, 4) is 11.5 Å². The maximum absolute atomic E-state index is 13.3. The number of hydrogen-bond donors (Lipinski definition) is 1. The lowest BCUT2D eigenvalue weighted by molar-refractivity contribution is -0.131. The Kier molecular flexibility index (Phi) is 4.48. The van der Waals surface area contributed by atoms with Gasteiger partial charge in [0.05, 0.1) is 20.6 Å². The fourth-order valence-electron chi connectivity index (χ4n) is 3.68. The number of H-pyrrole nitrogens is 1. The van der Waals surface area contributed by atoms with Crippen molar-refractivity contribution in [3.63, 3.8) is 0 Å². The maximum Gasteiger partial charge on any atom is 0.227 e. The Morgan fingerprint density at radius 2 is 1.89 bits per heavy atom. The van der Waals surface area contributed by atoms with Crippen molar-refractivity contribution < 1.29 is 18.7 Å². The normalized spacial score (nSPS) is 13.5. The number of aromatic nitrogens is 1. The lowest BCUT2D eigenvalue weighted by Crippen LogP contribution is -2.36. The molecule has 0 radical (unpaired) electrons. The van der Waals surface area contributed by atoms with E-state index in [1.54, 1.807) is 26.5 Å². The van der Waals surface area contributed by atoms with Gasteiger partial charge in [-0.1, -0.05) is 0 Å². The first-order valence-corrected chi connectivity index (χ1v) is 8.86. The van der Waals surface area contributed by atoms with Crippen molar-refractivity contribution in [1.29, 1.82) is 0 Å². The number of rotatable bonds is 4. The first-order chi connectivity index (χ1) is 13.1. The molecular weight excluding hydrogens is 347 g/mol. The molecule has 2 aromatic carbocycles. The molecule has 2 heterocycles. The highest BCUT2D eigenvalue weighted by Gasteiger charge is 2.23. The van der Waals surface area contributed by atoms with Crippen LogP contribution in [0, 0.1) is 5.82 Å². The van der Waals surface area contributed by atoms with Crippen LogP contribution in [0.2, 0.25) is 0 Å². The van der Waals surface area contributed by atoms with Crippen LogP contribution in [0.25, 0.3) is 10.9 Å². The van der Waals surface area contributed by atoms with E-state index < -0.39 is 0 Å². The number of methoxy groups -OCH3 is 2. The summed E-state index contributed by atoms with van der Waals surface area (Å²) in [4.78, 5) is 17.7. The summed E-state index contributed by atoms with van der Waals surface area (Å²) in [6.45, 7) is 1.21. The molecule has 1 aliphatic heterocycles. The van der Waals surface area contributed by atoms with Crippen LogP contribution in [-0.4, -0.2) is 36.6 Å². The molecular formula is C21H21FN2O3. The Morgan fingerprint density at radius 1 is 1.15 bits per heavy atom. The third-order valence-corrected chi connectivity index (χ3v) is 5.14. The monoisotopic (exact) mass is 368 g/mol. The molecule has 1 N–H and O–H groups in total. The van der Waals surface area contributed by atoms with Crippen LogP contribution >= 0.6 is 0 Å². The molecule has 140 valence electrons. The molecule has 1 amide bonds. The molecule has 3 aromatic rings. The number of aromatic amines is 1. The van der Waals surface area contributed by atoms with Gasteiger partial charge < -0.3 is 19.4 Å². The maximum atomic E-state index is 13.3. The number of carbonyl (C=O) groups excluding carboxylic acids is 1. The van der Waals surface area contributed by atoms with Crippen molar-refractivity contribution in [2.75, 3.05) is 20.8 Å². The first kappa shape index (κ1) is 17.4. The molecule has 6 heteroatoms. The van der Waals surface area contributed by atoms with Gasteiger partial charge in [-0.15, -0.1) is 0 Å². The second-order valence-electron chi connectivity index (χ2n) is 6.72. The van der Waals surface area contributed by atoms with E-state index in [-0.39, 0.29) is 18.1 Å². The van der Waals surface area contributed by atoms with Crippen molar-refractivity contribution in [1.82, 2.24) is 9.88 Å². The average molecular weight is 368 g/mol. The summed E-state index contributed by atoms with van der Waals surface area (Å²) in [6, 6.07) is 8.51. The Balaban J connectivity index is 1.53. The second kappa shape index (κ2) is 6.95. The number of fused-ring (bicyclic) bond motifs is 2. The minimum atomic E-state index is -0.292. The van der Waals surface area contributed by atoms with E-state index in [0.717, 1.165) is 22.9 Å². The van der Waals surface area contributed by atoms with Gasteiger partial charge in [-0.25, -0.2) is 4.39 Å². The SMILES string of the molecule is COc1cc2c(cc1OC)CN(C(=O)Cc1c[nH]c3cc(F)ccc13)CC2. The van der Waals surface area contributed by atoms with Crippen molar-refractivity contribution in [2.24, 2.45) is 0 Å². The largest absolute Gasteiger partial charge is 0.493 e. The minimum absolute atomic E-state index is 0.0562. The Labute approximate surface area is 156 Å². The molecule has 0 spiro atoms. The van der Waals surface area contributed by atoms with Gasteiger partial charge in [0.2, 0.25) is 5.91 Å². The van der Waals surface area contributed by atoms with Gasteiger partial charge in [-0.05, 0) is 53.4 Å². The third-order valence-electron chi connectivity index (χ3n) is 5.14. The van der Waals surface area contributed by atoms with Crippen LogP contribution < -0.4 is 9.47 Å². The van der Waals surface area contributed by atoms with Gasteiger partial charge in [0.15, 0.2) is 11.5 Å².